The van der Waals surface area contributed by atoms with Gasteiger partial charge in [-0.2, -0.15) is 0 Å². The lowest BCUT2D eigenvalue weighted by Gasteiger charge is -1.99. The van der Waals surface area contributed by atoms with E-state index in [4.69, 9.17) is 11.6 Å². The zero-order valence-electron chi connectivity index (χ0n) is 7.69. The lowest BCUT2D eigenvalue weighted by Crippen LogP contribution is -2.10. The lowest BCUT2D eigenvalue weighted by molar-refractivity contribution is 0.709. The summed E-state index contributed by atoms with van der Waals surface area (Å²) in [5.41, 5.74) is 0.976. The first kappa shape index (κ1) is 9.55. The third kappa shape index (κ3) is 1.62. The van der Waals surface area contributed by atoms with E-state index in [1.54, 1.807) is 0 Å². The molecule has 0 bridgehead atoms. The van der Waals surface area contributed by atoms with Gasteiger partial charge in [0.05, 0.1) is 12.2 Å². The highest BCUT2D eigenvalue weighted by Gasteiger charge is 2.09. The normalized spacial score (nSPS) is 10.7. The van der Waals surface area contributed by atoms with Gasteiger partial charge in [-0.15, -0.1) is 0 Å². The Balaban J connectivity index is 2.98. The highest BCUT2D eigenvalue weighted by molar-refractivity contribution is 6.30. The number of imidazole rings is 1. The van der Waals surface area contributed by atoms with E-state index in [0.717, 1.165) is 29.6 Å². The first-order chi connectivity index (χ1) is 5.70. The van der Waals surface area contributed by atoms with E-state index < -0.39 is 0 Å². The van der Waals surface area contributed by atoms with Crippen LogP contribution in [0.4, 0.5) is 0 Å². The molecule has 4 heteroatoms. The number of hydrogen-bond acceptors (Lipinski definition) is 2. The number of nitrogens with zero attached hydrogens (tertiary/aromatic N) is 2. The number of halogens is 1. The maximum absolute atomic E-state index is 6.02. The van der Waals surface area contributed by atoms with Crippen LogP contribution >= 0.6 is 11.6 Å². The van der Waals surface area contributed by atoms with E-state index in [-0.39, 0.29) is 0 Å². The monoisotopic (exact) mass is 187 g/mol. The Kier molecular flexibility index (Phi) is 3.12. The summed E-state index contributed by atoms with van der Waals surface area (Å²) in [6.45, 7) is 2.81. The van der Waals surface area contributed by atoms with Crippen molar-refractivity contribution in [3.8, 4) is 0 Å². The second kappa shape index (κ2) is 3.92. The molecule has 0 unspecified atom stereocenters. The molecule has 0 aliphatic rings. The van der Waals surface area contributed by atoms with Crippen LogP contribution in [0.15, 0.2) is 0 Å². The Hall–Kier alpha value is -0.540. The van der Waals surface area contributed by atoms with Crippen LogP contribution in [0.5, 0.6) is 0 Å². The van der Waals surface area contributed by atoms with Gasteiger partial charge in [-0.05, 0) is 13.5 Å². The van der Waals surface area contributed by atoms with E-state index in [1.165, 1.54) is 0 Å². The fourth-order valence-electron chi connectivity index (χ4n) is 1.12. The van der Waals surface area contributed by atoms with E-state index in [1.807, 2.05) is 18.7 Å². The van der Waals surface area contributed by atoms with Crippen LogP contribution in [0.1, 0.15) is 18.4 Å². The number of aryl methyl sites for hydroxylation is 1. The molecule has 1 rings (SSSR count). The minimum absolute atomic E-state index is 0.753. The topological polar surface area (TPSA) is 29.9 Å². The highest BCUT2D eigenvalue weighted by Crippen LogP contribution is 2.16. The van der Waals surface area contributed by atoms with E-state index in [0.29, 0.717) is 0 Å². The van der Waals surface area contributed by atoms with Crippen molar-refractivity contribution in [1.82, 2.24) is 14.9 Å². The standard InChI is InChI=1S/C8H14ClN3/c1-4-6-8(9)12(3)7(11-6)5-10-2/h10H,4-5H2,1-3H3. The number of nitrogens with one attached hydrogen (secondary N) is 1. The van der Waals surface area contributed by atoms with Gasteiger partial charge >= 0.3 is 0 Å². The predicted octanol–water partition coefficient (Wildman–Crippen LogP) is 1.36. The van der Waals surface area contributed by atoms with Gasteiger partial charge in [0, 0.05) is 7.05 Å². The van der Waals surface area contributed by atoms with Crippen LogP contribution in [0, 0.1) is 0 Å². The fraction of sp³-hybridized carbons (Fsp3) is 0.625. The van der Waals surface area contributed by atoms with Crippen molar-refractivity contribution in [3.05, 3.63) is 16.7 Å². The SMILES string of the molecule is CCc1nc(CNC)n(C)c1Cl. The molecule has 0 saturated carbocycles. The fourth-order valence-corrected chi connectivity index (χ4v) is 1.40. The van der Waals surface area contributed by atoms with Crippen molar-refractivity contribution < 1.29 is 0 Å². The van der Waals surface area contributed by atoms with Crippen molar-refractivity contribution in [2.75, 3.05) is 7.05 Å². The average molecular weight is 188 g/mol. The molecule has 1 aromatic rings. The first-order valence-corrected chi connectivity index (χ1v) is 4.43. The van der Waals surface area contributed by atoms with Gasteiger partial charge in [-0.25, -0.2) is 4.98 Å². The molecule has 0 aliphatic carbocycles. The average Bonchev–Trinajstić information content (AvgIpc) is 2.33. The van der Waals surface area contributed by atoms with E-state index in [9.17, 15) is 0 Å². The molecule has 1 aromatic heterocycles. The van der Waals surface area contributed by atoms with Crippen LogP contribution in [0.3, 0.4) is 0 Å². The van der Waals surface area contributed by atoms with Gasteiger partial charge in [0.15, 0.2) is 0 Å². The largest absolute Gasteiger partial charge is 0.321 e. The van der Waals surface area contributed by atoms with Gasteiger partial charge in [-0.3, -0.25) is 0 Å². The number of hydrogen-bond donors (Lipinski definition) is 1. The maximum atomic E-state index is 6.02. The quantitative estimate of drug-likeness (QED) is 0.775. The van der Waals surface area contributed by atoms with Gasteiger partial charge in [0.2, 0.25) is 0 Å². The van der Waals surface area contributed by atoms with Crippen molar-refractivity contribution in [2.24, 2.45) is 7.05 Å². The molecule has 0 aromatic carbocycles. The summed E-state index contributed by atoms with van der Waals surface area (Å²) in [5, 5.41) is 3.80. The molecular weight excluding hydrogens is 174 g/mol. The number of rotatable bonds is 3. The van der Waals surface area contributed by atoms with Crippen molar-refractivity contribution in [2.45, 2.75) is 19.9 Å². The summed E-state index contributed by atoms with van der Waals surface area (Å²) in [7, 11) is 3.83. The number of aromatic nitrogens is 2. The zero-order chi connectivity index (χ0) is 9.14. The van der Waals surface area contributed by atoms with Crippen LogP contribution in [0.25, 0.3) is 0 Å². The van der Waals surface area contributed by atoms with Crippen LogP contribution < -0.4 is 5.32 Å². The minimum Gasteiger partial charge on any atom is -0.321 e. The Labute approximate surface area is 77.7 Å². The molecule has 0 amide bonds. The van der Waals surface area contributed by atoms with Crippen molar-refractivity contribution in [1.29, 1.82) is 0 Å². The summed E-state index contributed by atoms with van der Waals surface area (Å²) in [5.74, 6) is 0.986. The Morgan fingerprint density at radius 3 is 2.67 bits per heavy atom. The van der Waals surface area contributed by atoms with Crippen LogP contribution in [0.2, 0.25) is 5.15 Å². The highest BCUT2D eigenvalue weighted by atomic mass is 35.5. The second-order valence-electron chi connectivity index (χ2n) is 2.71. The molecule has 68 valence electrons. The smallest absolute Gasteiger partial charge is 0.131 e. The van der Waals surface area contributed by atoms with Gasteiger partial charge in [0.1, 0.15) is 11.0 Å². The molecule has 1 N–H and O–H groups in total. The Bertz CT molecular complexity index is 268. The molecular formula is C8H14ClN3. The molecule has 0 saturated heterocycles. The molecule has 12 heavy (non-hydrogen) atoms. The van der Waals surface area contributed by atoms with Crippen LogP contribution in [-0.2, 0) is 20.0 Å². The molecule has 0 spiro atoms. The van der Waals surface area contributed by atoms with E-state index >= 15 is 0 Å². The maximum Gasteiger partial charge on any atom is 0.131 e. The molecule has 0 radical (unpaired) electrons. The summed E-state index contributed by atoms with van der Waals surface area (Å²) >= 11 is 6.02. The third-order valence-electron chi connectivity index (χ3n) is 1.85. The first-order valence-electron chi connectivity index (χ1n) is 4.05. The molecule has 0 aliphatic heterocycles. The Morgan fingerprint density at radius 2 is 2.25 bits per heavy atom. The van der Waals surface area contributed by atoms with Gasteiger partial charge in [-0.1, -0.05) is 18.5 Å². The summed E-state index contributed by atoms with van der Waals surface area (Å²) in [4.78, 5) is 4.39. The van der Waals surface area contributed by atoms with Gasteiger partial charge < -0.3 is 9.88 Å². The molecule has 3 nitrogen and oxygen atoms in total. The second-order valence-corrected chi connectivity index (χ2v) is 3.07. The predicted molar refractivity (Wildman–Crippen MR) is 50.4 cm³/mol. The summed E-state index contributed by atoms with van der Waals surface area (Å²) in [6.07, 6.45) is 0.885. The lowest BCUT2D eigenvalue weighted by atomic mass is 10.4. The van der Waals surface area contributed by atoms with Crippen molar-refractivity contribution in [3.63, 3.8) is 0 Å². The van der Waals surface area contributed by atoms with E-state index in [2.05, 4.69) is 17.2 Å². The summed E-state index contributed by atoms with van der Waals surface area (Å²) < 4.78 is 1.91. The van der Waals surface area contributed by atoms with Crippen molar-refractivity contribution >= 4 is 11.6 Å². The summed E-state index contributed by atoms with van der Waals surface area (Å²) in [6, 6.07) is 0. The molecule has 0 fully saturated rings. The third-order valence-corrected chi connectivity index (χ3v) is 2.33. The zero-order valence-corrected chi connectivity index (χ0v) is 8.44. The molecule has 0 atom stereocenters. The van der Waals surface area contributed by atoms with Gasteiger partial charge in [0.25, 0.3) is 0 Å². The molecule has 1 heterocycles. The Morgan fingerprint density at radius 1 is 1.58 bits per heavy atom. The minimum atomic E-state index is 0.753. The van der Waals surface area contributed by atoms with Crippen LogP contribution in [-0.4, -0.2) is 16.6 Å².